The van der Waals surface area contributed by atoms with Crippen LogP contribution in [-0.2, 0) is 13.0 Å². The summed E-state index contributed by atoms with van der Waals surface area (Å²) in [7, 11) is 0. The van der Waals surface area contributed by atoms with Crippen LogP contribution in [0.2, 0.25) is 0 Å². The highest BCUT2D eigenvalue weighted by molar-refractivity contribution is 7.17. The van der Waals surface area contributed by atoms with Gasteiger partial charge in [0, 0.05) is 16.9 Å². The van der Waals surface area contributed by atoms with Gasteiger partial charge in [0.1, 0.15) is 0 Å². The second-order valence-electron chi connectivity index (χ2n) is 5.41. The number of hydrogen-bond acceptors (Lipinski definition) is 2. The van der Waals surface area contributed by atoms with Crippen molar-refractivity contribution in [2.24, 2.45) is 0 Å². The Bertz CT molecular complexity index is 697. The van der Waals surface area contributed by atoms with E-state index in [4.69, 9.17) is 0 Å². The van der Waals surface area contributed by atoms with Gasteiger partial charge in [-0.3, -0.25) is 0 Å². The largest absolute Gasteiger partial charge is 0.381 e. The van der Waals surface area contributed by atoms with Crippen LogP contribution >= 0.6 is 11.3 Å². The Morgan fingerprint density at radius 2 is 1.81 bits per heavy atom. The molecule has 0 saturated carbocycles. The molecule has 21 heavy (non-hydrogen) atoms. The number of unbranched alkanes of at least 4 members (excludes halogenated alkanes) is 1. The van der Waals surface area contributed by atoms with Gasteiger partial charge in [-0.05, 0) is 52.9 Å². The van der Waals surface area contributed by atoms with Crippen molar-refractivity contribution < 1.29 is 0 Å². The van der Waals surface area contributed by atoms with E-state index in [1.165, 1.54) is 46.2 Å². The Balaban J connectivity index is 1.64. The molecule has 1 N–H and O–H groups in total. The fraction of sp³-hybridized carbons (Fsp3) is 0.263. The van der Waals surface area contributed by atoms with Crippen molar-refractivity contribution in [2.75, 3.05) is 5.32 Å². The Hall–Kier alpha value is -1.80. The quantitative estimate of drug-likeness (QED) is 0.601. The van der Waals surface area contributed by atoms with Crippen LogP contribution in [0.25, 0.3) is 10.1 Å². The Labute approximate surface area is 130 Å². The van der Waals surface area contributed by atoms with E-state index >= 15 is 0 Å². The molecule has 0 fully saturated rings. The minimum absolute atomic E-state index is 0.887. The Morgan fingerprint density at radius 1 is 1.00 bits per heavy atom. The smallest absolute Gasteiger partial charge is 0.0415 e. The molecular weight excluding hydrogens is 274 g/mol. The van der Waals surface area contributed by atoms with Crippen molar-refractivity contribution in [3.05, 3.63) is 65.0 Å². The fourth-order valence-electron chi connectivity index (χ4n) is 2.54. The highest BCUT2D eigenvalue weighted by atomic mass is 32.1. The second-order valence-corrected chi connectivity index (χ2v) is 6.32. The van der Waals surface area contributed by atoms with E-state index < -0.39 is 0 Å². The number of benzene rings is 2. The number of thiophene rings is 1. The fourth-order valence-corrected chi connectivity index (χ4v) is 3.50. The summed E-state index contributed by atoms with van der Waals surface area (Å²) >= 11 is 1.82. The van der Waals surface area contributed by atoms with Gasteiger partial charge < -0.3 is 5.32 Å². The lowest BCUT2D eigenvalue weighted by Gasteiger charge is -2.07. The zero-order valence-corrected chi connectivity index (χ0v) is 13.2. The third-order valence-electron chi connectivity index (χ3n) is 3.82. The maximum Gasteiger partial charge on any atom is 0.0415 e. The normalized spacial score (nSPS) is 10.9. The first kappa shape index (κ1) is 14.2. The molecule has 0 spiro atoms. The van der Waals surface area contributed by atoms with Gasteiger partial charge in [-0.15, -0.1) is 11.3 Å². The SMILES string of the molecule is CCCCc1ccc(NCc2csc3ccccc23)cc1. The van der Waals surface area contributed by atoms with Crippen LogP contribution in [0.4, 0.5) is 5.69 Å². The summed E-state index contributed by atoms with van der Waals surface area (Å²) in [5.74, 6) is 0. The monoisotopic (exact) mass is 295 g/mol. The van der Waals surface area contributed by atoms with Gasteiger partial charge in [-0.2, -0.15) is 0 Å². The molecule has 0 unspecified atom stereocenters. The number of fused-ring (bicyclic) bond motifs is 1. The molecule has 108 valence electrons. The van der Waals surface area contributed by atoms with E-state index in [1.807, 2.05) is 11.3 Å². The van der Waals surface area contributed by atoms with Crippen molar-refractivity contribution in [1.29, 1.82) is 0 Å². The van der Waals surface area contributed by atoms with Crippen molar-refractivity contribution in [1.82, 2.24) is 0 Å². The molecule has 0 aliphatic heterocycles. The van der Waals surface area contributed by atoms with E-state index in [-0.39, 0.29) is 0 Å². The molecule has 0 bridgehead atoms. The first-order chi connectivity index (χ1) is 10.4. The molecule has 0 atom stereocenters. The minimum atomic E-state index is 0.887. The number of hydrogen-bond donors (Lipinski definition) is 1. The van der Waals surface area contributed by atoms with Gasteiger partial charge in [0.05, 0.1) is 0 Å². The van der Waals surface area contributed by atoms with Gasteiger partial charge in [-0.1, -0.05) is 43.7 Å². The number of rotatable bonds is 6. The summed E-state index contributed by atoms with van der Waals surface area (Å²) in [6.45, 7) is 3.12. The highest BCUT2D eigenvalue weighted by Crippen LogP contribution is 2.26. The van der Waals surface area contributed by atoms with Crippen molar-refractivity contribution in [3.63, 3.8) is 0 Å². The van der Waals surface area contributed by atoms with Crippen molar-refractivity contribution in [2.45, 2.75) is 32.7 Å². The molecule has 1 aromatic heterocycles. The van der Waals surface area contributed by atoms with E-state index in [2.05, 4.69) is 66.2 Å². The van der Waals surface area contributed by atoms with Crippen molar-refractivity contribution in [3.8, 4) is 0 Å². The lowest BCUT2D eigenvalue weighted by Crippen LogP contribution is -1.98. The topological polar surface area (TPSA) is 12.0 Å². The predicted molar refractivity (Wildman–Crippen MR) is 94.2 cm³/mol. The molecule has 0 amide bonds. The summed E-state index contributed by atoms with van der Waals surface area (Å²) in [5, 5.41) is 7.16. The van der Waals surface area contributed by atoms with Crippen molar-refractivity contribution >= 4 is 27.1 Å². The molecule has 2 heteroatoms. The lowest BCUT2D eigenvalue weighted by molar-refractivity contribution is 0.795. The number of aryl methyl sites for hydroxylation is 1. The summed E-state index contributed by atoms with van der Waals surface area (Å²) in [6.07, 6.45) is 3.71. The van der Waals surface area contributed by atoms with E-state index in [9.17, 15) is 0 Å². The summed E-state index contributed by atoms with van der Waals surface area (Å²) in [6, 6.07) is 17.5. The number of anilines is 1. The standard InChI is InChI=1S/C19H21NS/c1-2-3-6-15-9-11-17(12-10-15)20-13-16-14-21-19-8-5-4-7-18(16)19/h4-5,7-12,14,20H,2-3,6,13H2,1H3. The van der Waals surface area contributed by atoms with Gasteiger partial charge in [0.25, 0.3) is 0 Å². The van der Waals surface area contributed by atoms with Gasteiger partial charge in [-0.25, -0.2) is 0 Å². The second kappa shape index (κ2) is 6.77. The third-order valence-corrected chi connectivity index (χ3v) is 4.83. The molecule has 2 aromatic carbocycles. The van der Waals surface area contributed by atoms with Crippen LogP contribution in [0, 0.1) is 0 Å². The molecule has 0 aliphatic carbocycles. The molecule has 3 aromatic rings. The molecule has 1 nitrogen and oxygen atoms in total. The Kier molecular flexibility index (Phi) is 4.56. The van der Waals surface area contributed by atoms with Crippen LogP contribution in [0.15, 0.2) is 53.9 Å². The average Bonchev–Trinajstić information content (AvgIpc) is 2.95. The first-order valence-corrected chi connectivity index (χ1v) is 8.52. The summed E-state index contributed by atoms with van der Waals surface area (Å²) in [5.41, 5.74) is 4.01. The zero-order valence-electron chi connectivity index (χ0n) is 12.4. The maximum absolute atomic E-state index is 3.53. The van der Waals surface area contributed by atoms with Gasteiger partial charge in [0.2, 0.25) is 0 Å². The maximum atomic E-state index is 3.53. The molecule has 0 radical (unpaired) electrons. The average molecular weight is 295 g/mol. The van der Waals surface area contributed by atoms with E-state index in [0.29, 0.717) is 0 Å². The van der Waals surface area contributed by atoms with Crippen LogP contribution in [0.5, 0.6) is 0 Å². The molecule has 1 heterocycles. The summed E-state index contributed by atoms with van der Waals surface area (Å²) in [4.78, 5) is 0. The molecule has 0 saturated heterocycles. The lowest BCUT2D eigenvalue weighted by atomic mass is 10.1. The van der Waals surface area contributed by atoms with E-state index in [0.717, 1.165) is 6.54 Å². The van der Waals surface area contributed by atoms with Crippen LogP contribution in [-0.4, -0.2) is 0 Å². The first-order valence-electron chi connectivity index (χ1n) is 7.64. The zero-order chi connectivity index (χ0) is 14.5. The van der Waals surface area contributed by atoms with Crippen LogP contribution in [0.1, 0.15) is 30.9 Å². The minimum Gasteiger partial charge on any atom is -0.381 e. The third kappa shape index (κ3) is 3.45. The summed E-state index contributed by atoms with van der Waals surface area (Å²) < 4.78 is 1.37. The molecule has 3 rings (SSSR count). The highest BCUT2D eigenvalue weighted by Gasteiger charge is 2.03. The predicted octanol–water partition coefficient (Wildman–Crippen LogP) is 5.86. The molecule has 0 aliphatic rings. The van der Waals surface area contributed by atoms with Crippen LogP contribution in [0.3, 0.4) is 0 Å². The van der Waals surface area contributed by atoms with E-state index in [1.54, 1.807) is 0 Å². The van der Waals surface area contributed by atoms with Gasteiger partial charge >= 0.3 is 0 Å². The van der Waals surface area contributed by atoms with Gasteiger partial charge in [0.15, 0.2) is 0 Å². The Morgan fingerprint density at radius 3 is 2.62 bits per heavy atom. The molecular formula is C19H21NS. The number of nitrogens with one attached hydrogen (secondary N) is 1. The van der Waals surface area contributed by atoms with Crippen LogP contribution < -0.4 is 5.32 Å².